The molecular formula is C19H31N3O3. The Labute approximate surface area is 150 Å². The van der Waals surface area contributed by atoms with Crippen LogP contribution in [-0.2, 0) is 16.0 Å². The molecule has 3 aliphatic rings. The lowest BCUT2D eigenvalue weighted by atomic mass is 9.88. The number of ether oxygens (including phenoxy) is 2. The first-order valence-corrected chi connectivity index (χ1v) is 9.83. The van der Waals surface area contributed by atoms with Crippen LogP contribution in [0.2, 0.25) is 0 Å². The molecule has 4 heterocycles. The van der Waals surface area contributed by atoms with Gasteiger partial charge in [0.2, 0.25) is 0 Å². The molecule has 1 aromatic rings. The zero-order chi connectivity index (χ0) is 17.1. The van der Waals surface area contributed by atoms with Crippen molar-refractivity contribution in [2.45, 2.75) is 57.3 Å². The van der Waals surface area contributed by atoms with Crippen LogP contribution in [0.15, 0.2) is 10.6 Å². The lowest BCUT2D eigenvalue weighted by molar-refractivity contribution is -0.0469. The average molecular weight is 349 g/mol. The van der Waals surface area contributed by atoms with E-state index in [9.17, 15) is 0 Å². The SMILES string of the molecule is Cc1cc(CN2CCC3(CC2)CC(OCCN2CCCC2)CO3)no1. The topological polar surface area (TPSA) is 51.0 Å². The molecule has 1 aromatic heterocycles. The fourth-order valence-corrected chi connectivity index (χ4v) is 4.45. The summed E-state index contributed by atoms with van der Waals surface area (Å²) < 4.78 is 17.5. The second-order valence-corrected chi connectivity index (χ2v) is 7.94. The van der Waals surface area contributed by atoms with E-state index in [0.29, 0.717) is 0 Å². The van der Waals surface area contributed by atoms with Crippen LogP contribution in [0.3, 0.4) is 0 Å². The minimum Gasteiger partial charge on any atom is -0.374 e. The van der Waals surface area contributed by atoms with Gasteiger partial charge in [0.25, 0.3) is 0 Å². The highest BCUT2D eigenvalue weighted by Crippen LogP contribution is 2.37. The number of piperidine rings is 1. The molecule has 140 valence electrons. The molecule has 0 aliphatic carbocycles. The smallest absolute Gasteiger partial charge is 0.133 e. The Morgan fingerprint density at radius 2 is 2.00 bits per heavy atom. The third-order valence-electron chi connectivity index (χ3n) is 5.96. The van der Waals surface area contributed by atoms with Crippen molar-refractivity contribution in [2.75, 3.05) is 45.9 Å². The number of nitrogens with zero attached hydrogens (tertiary/aromatic N) is 3. The van der Waals surface area contributed by atoms with Crippen LogP contribution in [0, 0.1) is 6.92 Å². The van der Waals surface area contributed by atoms with Gasteiger partial charge < -0.3 is 18.9 Å². The van der Waals surface area contributed by atoms with Crippen molar-refractivity contribution < 1.29 is 14.0 Å². The molecule has 0 bridgehead atoms. The van der Waals surface area contributed by atoms with E-state index in [1.54, 1.807) is 0 Å². The maximum atomic E-state index is 6.22. The largest absolute Gasteiger partial charge is 0.374 e. The van der Waals surface area contributed by atoms with Gasteiger partial charge in [-0.05, 0) is 45.7 Å². The Balaban J connectivity index is 1.18. The van der Waals surface area contributed by atoms with Gasteiger partial charge in [-0.3, -0.25) is 4.90 Å². The highest BCUT2D eigenvalue weighted by Gasteiger charge is 2.43. The molecule has 3 fully saturated rings. The third-order valence-corrected chi connectivity index (χ3v) is 5.96. The number of aromatic nitrogens is 1. The number of hydrogen-bond donors (Lipinski definition) is 0. The number of hydrogen-bond acceptors (Lipinski definition) is 6. The number of aryl methyl sites for hydroxylation is 1. The first-order valence-electron chi connectivity index (χ1n) is 9.83. The first kappa shape index (κ1) is 17.5. The molecule has 0 aromatic carbocycles. The molecule has 6 heteroatoms. The van der Waals surface area contributed by atoms with Crippen molar-refractivity contribution in [1.82, 2.24) is 15.0 Å². The van der Waals surface area contributed by atoms with Gasteiger partial charge in [-0.25, -0.2) is 0 Å². The summed E-state index contributed by atoms with van der Waals surface area (Å²) in [5, 5.41) is 4.11. The zero-order valence-electron chi connectivity index (χ0n) is 15.4. The van der Waals surface area contributed by atoms with Gasteiger partial charge in [0.15, 0.2) is 0 Å². The van der Waals surface area contributed by atoms with E-state index in [4.69, 9.17) is 14.0 Å². The summed E-state index contributed by atoms with van der Waals surface area (Å²) in [6, 6.07) is 2.03. The average Bonchev–Trinajstić information content (AvgIpc) is 3.34. The summed E-state index contributed by atoms with van der Waals surface area (Å²) in [7, 11) is 0. The van der Waals surface area contributed by atoms with Crippen LogP contribution < -0.4 is 0 Å². The lowest BCUT2D eigenvalue weighted by Gasteiger charge is -2.38. The Kier molecular flexibility index (Phi) is 5.41. The highest BCUT2D eigenvalue weighted by molar-refractivity contribution is 5.04. The van der Waals surface area contributed by atoms with Crippen LogP contribution in [0.1, 0.15) is 43.6 Å². The van der Waals surface area contributed by atoms with Crippen LogP contribution in [0.25, 0.3) is 0 Å². The van der Waals surface area contributed by atoms with Crippen molar-refractivity contribution >= 4 is 0 Å². The fourth-order valence-electron chi connectivity index (χ4n) is 4.45. The van der Waals surface area contributed by atoms with Gasteiger partial charge in [-0.1, -0.05) is 5.16 Å². The van der Waals surface area contributed by atoms with Crippen LogP contribution >= 0.6 is 0 Å². The quantitative estimate of drug-likeness (QED) is 0.785. The van der Waals surface area contributed by atoms with E-state index in [1.807, 2.05) is 13.0 Å². The molecule has 1 spiro atoms. The molecule has 0 amide bonds. The van der Waals surface area contributed by atoms with Crippen molar-refractivity contribution in [1.29, 1.82) is 0 Å². The molecule has 0 saturated carbocycles. The van der Waals surface area contributed by atoms with E-state index in [2.05, 4.69) is 15.0 Å². The van der Waals surface area contributed by atoms with Gasteiger partial charge in [0.1, 0.15) is 5.76 Å². The fraction of sp³-hybridized carbons (Fsp3) is 0.842. The number of rotatable bonds is 6. The monoisotopic (exact) mass is 349 g/mol. The van der Waals surface area contributed by atoms with Crippen molar-refractivity contribution in [3.8, 4) is 0 Å². The molecule has 25 heavy (non-hydrogen) atoms. The van der Waals surface area contributed by atoms with Crippen LogP contribution in [0.4, 0.5) is 0 Å². The van der Waals surface area contributed by atoms with Gasteiger partial charge in [-0.2, -0.15) is 0 Å². The maximum absolute atomic E-state index is 6.22. The standard InChI is InChI=1S/C19H31N3O3/c1-16-12-17(20-25-16)14-22-8-4-19(5-9-22)13-18(15-24-19)23-11-10-21-6-2-3-7-21/h12,18H,2-11,13-15H2,1H3. The van der Waals surface area contributed by atoms with E-state index < -0.39 is 0 Å². The maximum Gasteiger partial charge on any atom is 0.133 e. The second kappa shape index (κ2) is 7.74. The Morgan fingerprint density at radius 3 is 2.72 bits per heavy atom. The molecule has 0 N–H and O–H groups in total. The summed E-state index contributed by atoms with van der Waals surface area (Å²) in [5.41, 5.74) is 1.08. The molecule has 3 aliphatic heterocycles. The van der Waals surface area contributed by atoms with Gasteiger partial charge in [0.05, 0.1) is 30.6 Å². The van der Waals surface area contributed by atoms with E-state index in [0.717, 1.165) is 70.1 Å². The van der Waals surface area contributed by atoms with Crippen molar-refractivity contribution in [2.24, 2.45) is 0 Å². The summed E-state index contributed by atoms with van der Waals surface area (Å²) in [4.78, 5) is 4.96. The van der Waals surface area contributed by atoms with Crippen LogP contribution in [0.5, 0.6) is 0 Å². The number of likely N-dealkylation sites (tertiary alicyclic amines) is 2. The van der Waals surface area contributed by atoms with Crippen molar-refractivity contribution in [3.63, 3.8) is 0 Å². The molecular weight excluding hydrogens is 318 g/mol. The predicted molar refractivity (Wildman–Crippen MR) is 94.5 cm³/mol. The molecule has 1 atom stereocenters. The summed E-state index contributed by atoms with van der Waals surface area (Å²) in [6.45, 7) is 10.1. The third kappa shape index (κ3) is 4.42. The van der Waals surface area contributed by atoms with E-state index in [-0.39, 0.29) is 11.7 Å². The Bertz CT molecular complexity index is 548. The normalized spacial score (nSPS) is 27.5. The minimum atomic E-state index is 0.0502. The van der Waals surface area contributed by atoms with Crippen LogP contribution in [-0.4, -0.2) is 72.6 Å². The van der Waals surface area contributed by atoms with Gasteiger partial charge in [0, 0.05) is 38.7 Å². The van der Waals surface area contributed by atoms with E-state index in [1.165, 1.54) is 25.9 Å². The Hall–Kier alpha value is -0.950. The second-order valence-electron chi connectivity index (χ2n) is 7.94. The Morgan fingerprint density at radius 1 is 1.20 bits per heavy atom. The zero-order valence-corrected chi connectivity index (χ0v) is 15.4. The minimum absolute atomic E-state index is 0.0502. The summed E-state index contributed by atoms with van der Waals surface area (Å²) in [6.07, 6.45) is 6.22. The lowest BCUT2D eigenvalue weighted by Crippen LogP contribution is -2.44. The van der Waals surface area contributed by atoms with Crippen molar-refractivity contribution in [3.05, 3.63) is 17.5 Å². The predicted octanol–water partition coefficient (Wildman–Crippen LogP) is 2.22. The van der Waals surface area contributed by atoms with Gasteiger partial charge in [-0.15, -0.1) is 0 Å². The molecule has 0 radical (unpaired) electrons. The summed E-state index contributed by atoms with van der Waals surface area (Å²) in [5.74, 6) is 0.886. The molecule has 6 nitrogen and oxygen atoms in total. The highest BCUT2D eigenvalue weighted by atomic mass is 16.6. The van der Waals surface area contributed by atoms with Gasteiger partial charge >= 0.3 is 0 Å². The first-order chi connectivity index (χ1) is 12.2. The molecule has 3 saturated heterocycles. The summed E-state index contributed by atoms with van der Waals surface area (Å²) >= 11 is 0. The van der Waals surface area contributed by atoms with E-state index >= 15 is 0 Å². The molecule has 4 rings (SSSR count). The molecule has 1 unspecified atom stereocenters.